The Hall–Kier alpha value is -1.65. The fourth-order valence-electron chi connectivity index (χ4n) is 1.15. The van der Waals surface area contributed by atoms with Gasteiger partial charge in [-0.2, -0.15) is 9.64 Å². The predicted octanol–water partition coefficient (Wildman–Crippen LogP) is 2.16. The van der Waals surface area contributed by atoms with Crippen molar-refractivity contribution >= 4 is 22.6 Å². The third-order valence-electron chi connectivity index (χ3n) is 2.16. The molecule has 1 heterocycles. The number of rotatable bonds is 3. The smallest absolute Gasteiger partial charge is 0.295 e. The van der Waals surface area contributed by atoms with Gasteiger partial charge in [-0.15, -0.1) is 0 Å². The summed E-state index contributed by atoms with van der Waals surface area (Å²) in [6.07, 6.45) is 0. The highest BCUT2D eigenvalue weighted by atomic mass is 32.1. The number of anilines is 1. The molecule has 0 aliphatic carbocycles. The van der Waals surface area contributed by atoms with Gasteiger partial charge in [-0.3, -0.25) is 10.2 Å². The van der Waals surface area contributed by atoms with Gasteiger partial charge < -0.3 is 0 Å². The van der Waals surface area contributed by atoms with Crippen LogP contribution in [-0.2, 0) is 4.84 Å². The first kappa shape index (κ1) is 13.4. The monoisotopic (exact) mass is 254 g/mol. The number of hydrogen-bond donors (Lipinski definition) is 1. The van der Waals surface area contributed by atoms with Crippen LogP contribution in [0.5, 0.6) is 0 Å². The van der Waals surface area contributed by atoms with Gasteiger partial charge in [0.2, 0.25) is 0 Å². The first-order valence-electron chi connectivity index (χ1n) is 4.99. The minimum Gasteiger partial charge on any atom is -0.295 e. The zero-order chi connectivity index (χ0) is 13.0. The number of carbonyl (C=O) groups is 1. The number of aromatic nitrogens is 1. The molecule has 0 bridgehead atoms. The molecule has 0 saturated heterocycles. The third kappa shape index (κ3) is 2.93. The standard InChI is InChI=1S/C10H14N4O2S/c1-6(2)8-7(5-11)9(17-13-8)12-10(15)14(3)16-4/h6H,1-4H3,(H,12,15). The van der Waals surface area contributed by atoms with E-state index in [2.05, 4.69) is 15.8 Å². The highest BCUT2D eigenvalue weighted by Gasteiger charge is 2.19. The largest absolute Gasteiger partial charge is 0.346 e. The molecule has 0 radical (unpaired) electrons. The summed E-state index contributed by atoms with van der Waals surface area (Å²) in [6, 6.07) is 1.62. The van der Waals surface area contributed by atoms with Crippen LogP contribution in [0.2, 0.25) is 0 Å². The lowest BCUT2D eigenvalue weighted by Gasteiger charge is -2.13. The molecule has 1 rings (SSSR count). The Morgan fingerprint density at radius 3 is 2.76 bits per heavy atom. The quantitative estimate of drug-likeness (QED) is 0.838. The number of nitriles is 1. The molecule has 1 N–H and O–H groups in total. The summed E-state index contributed by atoms with van der Waals surface area (Å²) in [4.78, 5) is 16.3. The zero-order valence-electron chi connectivity index (χ0n) is 10.1. The van der Waals surface area contributed by atoms with E-state index >= 15 is 0 Å². The molecule has 0 fully saturated rings. The van der Waals surface area contributed by atoms with Gasteiger partial charge >= 0.3 is 6.03 Å². The maximum Gasteiger partial charge on any atom is 0.346 e. The first-order chi connectivity index (χ1) is 8.01. The summed E-state index contributed by atoms with van der Waals surface area (Å²) >= 11 is 1.10. The second kappa shape index (κ2) is 5.61. The van der Waals surface area contributed by atoms with E-state index in [0.29, 0.717) is 16.3 Å². The minimum absolute atomic E-state index is 0.145. The van der Waals surface area contributed by atoms with E-state index in [4.69, 9.17) is 10.1 Å². The molecule has 0 unspecified atom stereocenters. The van der Waals surface area contributed by atoms with E-state index in [1.807, 2.05) is 13.8 Å². The summed E-state index contributed by atoms with van der Waals surface area (Å²) in [5.74, 6) is 0.145. The van der Waals surface area contributed by atoms with Crippen molar-refractivity contribution in [3.8, 4) is 6.07 Å². The van der Waals surface area contributed by atoms with Gasteiger partial charge in [0.05, 0.1) is 12.8 Å². The Morgan fingerprint density at radius 1 is 1.65 bits per heavy atom. The van der Waals surface area contributed by atoms with Crippen molar-refractivity contribution in [3.63, 3.8) is 0 Å². The van der Waals surface area contributed by atoms with Crippen molar-refractivity contribution < 1.29 is 9.63 Å². The number of carbonyl (C=O) groups excluding carboxylic acids is 1. The van der Waals surface area contributed by atoms with Crippen LogP contribution in [0, 0.1) is 11.3 Å². The minimum atomic E-state index is -0.442. The number of amides is 2. The molecule has 0 saturated carbocycles. The first-order valence-corrected chi connectivity index (χ1v) is 5.77. The summed E-state index contributed by atoms with van der Waals surface area (Å²) in [6.45, 7) is 3.89. The van der Waals surface area contributed by atoms with E-state index in [0.717, 1.165) is 16.6 Å². The molecule has 0 aliphatic heterocycles. The lowest BCUT2D eigenvalue weighted by Crippen LogP contribution is -2.30. The highest BCUT2D eigenvalue weighted by molar-refractivity contribution is 7.10. The molecule has 0 atom stereocenters. The van der Waals surface area contributed by atoms with E-state index in [-0.39, 0.29) is 5.92 Å². The normalized spacial score (nSPS) is 10.1. The van der Waals surface area contributed by atoms with Crippen molar-refractivity contribution in [2.45, 2.75) is 19.8 Å². The SMILES string of the molecule is CON(C)C(=O)Nc1snc(C(C)C)c1C#N. The molecule has 0 aliphatic rings. The number of nitrogens with zero attached hydrogens (tertiary/aromatic N) is 3. The van der Waals surface area contributed by atoms with Gasteiger partial charge in [0.15, 0.2) is 0 Å². The predicted molar refractivity (Wildman–Crippen MR) is 64.7 cm³/mol. The second-order valence-corrected chi connectivity index (χ2v) is 4.42. The fourth-order valence-corrected chi connectivity index (χ4v) is 2.01. The van der Waals surface area contributed by atoms with Crippen LogP contribution in [0.15, 0.2) is 0 Å². The fraction of sp³-hybridized carbons (Fsp3) is 0.500. The van der Waals surface area contributed by atoms with Crippen molar-refractivity contribution in [1.82, 2.24) is 9.44 Å². The van der Waals surface area contributed by atoms with Crippen LogP contribution in [0.1, 0.15) is 31.0 Å². The summed E-state index contributed by atoms with van der Waals surface area (Å²) < 4.78 is 4.17. The van der Waals surface area contributed by atoms with Crippen molar-refractivity contribution in [1.29, 1.82) is 5.26 Å². The van der Waals surface area contributed by atoms with Crippen LogP contribution >= 0.6 is 11.5 Å². The number of hydroxylamine groups is 2. The van der Waals surface area contributed by atoms with E-state index in [9.17, 15) is 4.79 Å². The molecular weight excluding hydrogens is 240 g/mol. The van der Waals surface area contributed by atoms with Gasteiger partial charge in [-0.05, 0) is 17.5 Å². The Bertz CT molecular complexity index is 450. The van der Waals surface area contributed by atoms with Crippen molar-refractivity contribution in [2.24, 2.45) is 0 Å². The van der Waals surface area contributed by atoms with Crippen LogP contribution in [0.25, 0.3) is 0 Å². The second-order valence-electron chi connectivity index (χ2n) is 3.65. The molecule has 92 valence electrons. The maximum atomic E-state index is 11.6. The number of hydrogen-bond acceptors (Lipinski definition) is 5. The Labute approximate surface area is 104 Å². The van der Waals surface area contributed by atoms with Crippen LogP contribution in [-0.4, -0.2) is 29.6 Å². The van der Waals surface area contributed by atoms with E-state index in [1.165, 1.54) is 14.2 Å². The van der Waals surface area contributed by atoms with Crippen molar-refractivity contribution in [2.75, 3.05) is 19.5 Å². The molecule has 2 amide bonds. The molecular formula is C10H14N4O2S. The topological polar surface area (TPSA) is 78.2 Å². The van der Waals surface area contributed by atoms with Crippen LogP contribution in [0.3, 0.4) is 0 Å². The van der Waals surface area contributed by atoms with Crippen molar-refractivity contribution in [3.05, 3.63) is 11.3 Å². The number of nitrogens with one attached hydrogen (secondary N) is 1. The highest BCUT2D eigenvalue weighted by Crippen LogP contribution is 2.29. The molecule has 7 heteroatoms. The molecule has 17 heavy (non-hydrogen) atoms. The van der Waals surface area contributed by atoms with Crippen LogP contribution < -0.4 is 5.32 Å². The summed E-state index contributed by atoms with van der Waals surface area (Å²) in [5, 5.41) is 13.1. The Kier molecular flexibility index (Phi) is 4.43. The zero-order valence-corrected chi connectivity index (χ0v) is 11.0. The summed E-state index contributed by atoms with van der Waals surface area (Å²) in [5.41, 5.74) is 1.12. The average Bonchev–Trinajstić information content (AvgIpc) is 2.70. The molecule has 6 nitrogen and oxygen atoms in total. The van der Waals surface area contributed by atoms with Gasteiger partial charge in [0.25, 0.3) is 0 Å². The van der Waals surface area contributed by atoms with E-state index < -0.39 is 6.03 Å². The van der Waals surface area contributed by atoms with Gasteiger partial charge in [0, 0.05) is 7.05 Å². The maximum absolute atomic E-state index is 11.6. The number of urea groups is 1. The molecule has 0 aromatic carbocycles. The molecule has 1 aromatic rings. The third-order valence-corrected chi connectivity index (χ3v) is 2.93. The lowest BCUT2D eigenvalue weighted by molar-refractivity contribution is -0.0597. The van der Waals surface area contributed by atoms with Gasteiger partial charge in [0.1, 0.15) is 16.6 Å². The van der Waals surface area contributed by atoms with Crippen LogP contribution in [0.4, 0.5) is 9.80 Å². The molecule has 0 spiro atoms. The van der Waals surface area contributed by atoms with Gasteiger partial charge in [-0.1, -0.05) is 13.8 Å². The van der Waals surface area contributed by atoms with E-state index in [1.54, 1.807) is 0 Å². The Morgan fingerprint density at radius 2 is 2.29 bits per heavy atom. The Balaban J connectivity index is 2.94. The molecule has 1 aromatic heterocycles. The lowest BCUT2D eigenvalue weighted by atomic mass is 10.1. The van der Waals surface area contributed by atoms with Gasteiger partial charge in [-0.25, -0.2) is 9.86 Å². The summed E-state index contributed by atoms with van der Waals surface area (Å²) in [7, 11) is 2.86. The average molecular weight is 254 g/mol.